The van der Waals surface area contributed by atoms with E-state index < -0.39 is 0 Å². The maximum absolute atomic E-state index is 12.2. The van der Waals surface area contributed by atoms with Crippen LogP contribution in [0, 0.1) is 0 Å². The van der Waals surface area contributed by atoms with Crippen molar-refractivity contribution in [3.8, 4) is 5.75 Å². The number of carbonyl (C=O) groups is 1. The maximum Gasteiger partial charge on any atom is 0.168 e. The molecular formula is C14H11Cl2NO2. The average molecular weight is 296 g/mol. The molecule has 1 heterocycles. The van der Waals surface area contributed by atoms with E-state index in [1.54, 1.807) is 31.4 Å². The van der Waals surface area contributed by atoms with Crippen molar-refractivity contribution in [3.63, 3.8) is 0 Å². The number of benzene rings is 1. The summed E-state index contributed by atoms with van der Waals surface area (Å²) in [7, 11) is 1.55. The van der Waals surface area contributed by atoms with Crippen LogP contribution < -0.4 is 4.74 Å². The average Bonchev–Trinajstić information content (AvgIpc) is 2.39. The summed E-state index contributed by atoms with van der Waals surface area (Å²) in [6.45, 7) is 0. The van der Waals surface area contributed by atoms with Gasteiger partial charge in [0.05, 0.1) is 12.1 Å². The summed E-state index contributed by atoms with van der Waals surface area (Å²) in [6.07, 6.45) is 3.16. The molecule has 5 heteroatoms. The van der Waals surface area contributed by atoms with E-state index in [0.29, 0.717) is 21.4 Å². The number of aromatic nitrogens is 1. The Balaban J connectivity index is 2.29. The summed E-state index contributed by atoms with van der Waals surface area (Å²) < 4.78 is 5.21. The Labute approximate surface area is 121 Å². The van der Waals surface area contributed by atoms with Gasteiger partial charge in [-0.25, -0.2) is 0 Å². The second-order valence-corrected chi connectivity index (χ2v) is 4.76. The summed E-state index contributed by atoms with van der Waals surface area (Å²) in [5.41, 5.74) is 1.17. The summed E-state index contributed by atoms with van der Waals surface area (Å²) in [5.74, 6) is 0.524. The van der Waals surface area contributed by atoms with Crippen LogP contribution in [-0.2, 0) is 6.42 Å². The molecule has 0 atom stereocenters. The molecule has 0 amide bonds. The van der Waals surface area contributed by atoms with Crippen molar-refractivity contribution in [2.45, 2.75) is 6.42 Å². The second-order valence-electron chi connectivity index (χ2n) is 3.91. The van der Waals surface area contributed by atoms with Gasteiger partial charge in [0.15, 0.2) is 5.78 Å². The van der Waals surface area contributed by atoms with Crippen molar-refractivity contribution < 1.29 is 9.53 Å². The van der Waals surface area contributed by atoms with Gasteiger partial charge in [-0.1, -0.05) is 23.2 Å². The van der Waals surface area contributed by atoms with Gasteiger partial charge in [-0.05, 0) is 24.3 Å². The van der Waals surface area contributed by atoms with Crippen LogP contribution in [0.3, 0.4) is 0 Å². The van der Waals surface area contributed by atoms with E-state index in [2.05, 4.69) is 4.98 Å². The predicted molar refractivity (Wildman–Crippen MR) is 75.3 cm³/mol. The molecular weight excluding hydrogens is 285 g/mol. The molecule has 0 aliphatic heterocycles. The van der Waals surface area contributed by atoms with Gasteiger partial charge >= 0.3 is 0 Å². The van der Waals surface area contributed by atoms with Crippen LogP contribution in [-0.4, -0.2) is 17.9 Å². The molecule has 2 rings (SSSR count). The molecule has 0 unspecified atom stereocenters. The third-order valence-corrected chi connectivity index (χ3v) is 3.20. The van der Waals surface area contributed by atoms with Gasteiger partial charge in [-0.15, -0.1) is 0 Å². The number of pyridine rings is 1. The molecule has 0 radical (unpaired) electrons. The highest BCUT2D eigenvalue weighted by Gasteiger charge is 2.14. The van der Waals surface area contributed by atoms with Gasteiger partial charge in [0.1, 0.15) is 5.75 Å². The quantitative estimate of drug-likeness (QED) is 0.805. The van der Waals surface area contributed by atoms with Crippen molar-refractivity contribution in [2.75, 3.05) is 7.11 Å². The number of ether oxygens (including phenoxy) is 1. The highest BCUT2D eigenvalue weighted by atomic mass is 35.5. The minimum absolute atomic E-state index is 0.104. The Hall–Kier alpha value is -1.58. The molecule has 0 aliphatic carbocycles. The lowest BCUT2D eigenvalue weighted by molar-refractivity contribution is 0.0992. The number of hydrogen-bond acceptors (Lipinski definition) is 3. The number of halogens is 2. The zero-order valence-corrected chi connectivity index (χ0v) is 11.7. The van der Waals surface area contributed by atoms with Crippen LogP contribution >= 0.6 is 23.2 Å². The van der Waals surface area contributed by atoms with Crippen LogP contribution in [0.4, 0.5) is 0 Å². The topological polar surface area (TPSA) is 39.2 Å². The van der Waals surface area contributed by atoms with Crippen molar-refractivity contribution in [1.82, 2.24) is 4.98 Å². The molecule has 1 aromatic carbocycles. The van der Waals surface area contributed by atoms with Crippen LogP contribution in [0.2, 0.25) is 10.0 Å². The van der Waals surface area contributed by atoms with Crippen LogP contribution in [0.1, 0.15) is 15.9 Å². The largest absolute Gasteiger partial charge is 0.496 e. The molecule has 1 aromatic heterocycles. The number of nitrogens with zero attached hydrogens (tertiary/aromatic N) is 1. The summed E-state index contributed by atoms with van der Waals surface area (Å²) >= 11 is 11.9. The molecule has 0 fully saturated rings. The smallest absolute Gasteiger partial charge is 0.168 e. The Morgan fingerprint density at radius 1 is 1.32 bits per heavy atom. The predicted octanol–water partition coefficient (Wildman–Crippen LogP) is 3.82. The summed E-state index contributed by atoms with van der Waals surface area (Å²) in [5, 5.41) is 0.901. The van der Waals surface area contributed by atoms with Crippen molar-refractivity contribution >= 4 is 29.0 Å². The number of methoxy groups -OCH3 is 1. The Kier molecular flexibility index (Phi) is 4.40. The van der Waals surface area contributed by atoms with E-state index in [0.717, 1.165) is 5.56 Å². The van der Waals surface area contributed by atoms with E-state index in [9.17, 15) is 4.79 Å². The fourth-order valence-corrected chi connectivity index (χ4v) is 2.17. The number of hydrogen-bond donors (Lipinski definition) is 0. The fourth-order valence-electron chi connectivity index (χ4n) is 1.75. The Morgan fingerprint density at radius 3 is 2.79 bits per heavy atom. The van der Waals surface area contributed by atoms with E-state index in [1.807, 2.05) is 0 Å². The molecule has 0 aliphatic rings. The highest BCUT2D eigenvalue weighted by molar-refractivity contribution is 6.34. The number of rotatable bonds is 4. The zero-order chi connectivity index (χ0) is 13.8. The summed E-state index contributed by atoms with van der Waals surface area (Å²) in [6, 6.07) is 6.77. The first-order valence-electron chi connectivity index (χ1n) is 5.57. The van der Waals surface area contributed by atoms with Gasteiger partial charge in [-0.3, -0.25) is 9.78 Å². The molecule has 98 valence electrons. The van der Waals surface area contributed by atoms with E-state index in [1.165, 1.54) is 12.4 Å². The molecule has 0 saturated carbocycles. The molecule has 0 N–H and O–H groups in total. The Bertz CT molecular complexity index is 614. The van der Waals surface area contributed by atoms with Gasteiger partial charge in [0, 0.05) is 35.0 Å². The monoisotopic (exact) mass is 295 g/mol. The Morgan fingerprint density at radius 2 is 2.11 bits per heavy atom. The van der Waals surface area contributed by atoms with Crippen molar-refractivity contribution in [1.29, 1.82) is 0 Å². The van der Waals surface area contributed by atoms with E-state index >= 15 is 0 Å². The minimum Gasteiger partial charge on any atom is -0.496 e. The van der Waals surface area contributed by atoms with Crippen molar-refractivity contribution in [3.05, 3.63) is 57.8 Å². The molecule has 0 bridgehead atoms. The third-order valence-electron chi connectivity index (χ3n) is 2.67. The van der Waals surface area contributed by atoms with Gasteiger partial charge in [0.2, 0.25) is 0 Å². The van der Waals surface area contributed by atoms with E-state index in [4.69, 9.17) is 27.9 Å². The van der Waals surface area contributed by atoms with Gasteiger partial charge in [0.25, 0.3) is 0 Å². The standard InChI is InChI=1S/C14H11Cl2NO2/c1-19-14-3-2-10(15)6-9(14)7-13(18)11-4-5-17-8-12(11)16/h2-6,8H,7H2,1H3. The number of ketones is 1. The lowest BCUT2D eigenvalue weighted by Gasteiger charge is -2.09. The van der Waals surface area contributed by atoms with Crippen LogP contribution in [0.5, 0.6) is 5.75 Å². The summed E-state index contributed by atoms with van der Waals surface area (Å²) in [4.78, 5) is 16.1. The van der Waals surface area contributed by atoms with Gasteiger partial charge in [-0.2, -0.15) is 0 Å². The molecule has 0 saturated heterocycles. The highest BCUT2D eigenvalue weighted by Crippen LogP contribution is 2.25. The van der Waals surface area contributed by atoms with E-state index in [-0.39, 0.29) is 12.2 Å². The lowest BCUT2D eigenvalue weighted by atomic mass is 10.0. The normalized spacial score (nSPS) is 10.3. The minimum atomic E-state index is -0.104. The van der Waals surface area contributed by atoms with Gasteiger partial charge < -0.3 is 4.74 Å². The maximum atomic E-state index is 12.2. The first-order valence-corrected chi connectivity index (χ1v) is 6.32. The zero-order valence-electron chi connectivity index (χ0n) is 10.2. The fraction of sp³-hybridized carbons (Fsp3) is 0.143. The number of carbonyl (C=O) groups excluding carboxylic acids is 1. The first kappa shape index (κ1) is 13.8. The molecule has 3 nitrogen and oxygen atoms in total. The molecule has 0 spiro atoms. The van der Waals surface area contributed by atoms with Crippen LogP contribution in [0.15, 0.2) is 36.7 Å². The number of Topliss-reactive ketones (excluding diaryl/α,β-unsaturated/α-hetero) is 1. The second kappa shape index (κ2) is 6.04. The molecule has 19 heavy (non-hydrogen) atoms. The molecule has 2 aromatic rings. The van der Waals surface area contributed by atoms with Crippen LogP contribution in [0.25, 0.3) is 0 Å². The lowest BCUT2D eigenvalue weighted by Crippen LogP contribution is -2.06. The third kappa shape index (κ3) is 3.25. The first-order chi connectivity index (χ1) is 9.11. The van der Waals surface area contributed by atoms with Crippen molar-refractivity contribution in [2.24, 2.45) is 0 Å². The SMILES string of the molecule is COc1ccc(Cl)cc1CC(=O)c1ccncc1Cl.